The van der Waals surface area contributed by atoms with Gasteiger partial charge in [-0.05, 0) is 6.42 Å². The van der Waals surface area contributed by atoms with E-state index in [1.807, 2.05) is 0 Å². The number of hydrogen-bond donors (Lipinski definition) is 0. The van der Waals surface area contributed by atoms with Crippen LogP contribution in [0.5, 0.6) is 0 Å². The first kappa shape index (κ1) is 9.10. The van der Waals surface area contributed by atoms with E-state index < -0.39 is 0 Å². The number of carbonyl (C=O) groups is 1. The van der Waals surface area contributed by atoms with Gasteiger partial charge in [-0.3, -0.25) is 9.79 Å². The summed E-state index contributed by atoms with van der Waals surface area (Å²) in [6.45, 7) is 2.46. The van der Waals surface area contributed by atoms with Crippen LogP contribution in [-0.4, -0.2) is 24.4 Å². The lowest BCUT2D eigenvalue weighted by molar-refractivity contribution is -0.111. The van der Waals surface area contributed by atoms with Crippen molar-refractivity contribution in [3.8, 4) is 0 Å². The highest BCUT2D eigenvalue weighted by Gasteiger charge is 2.04. The van der Waals surface area contributed by atoms with Crippen molar-refractivity contribution in [1.82, 2.24) is 0 Å². The van der Waals surface area contributed by atoms with Crippen molar-refractivity contribution in [3.63, 3.8) is 0 Å². The summed E-state index contributed by atoms with van der Waals surface area (Å²) in [5.74, 6) is 0.845. The predicted molar refractivity (Wildman–Crippen MR) is 49.9 cm³/mol. The molecule has 1 heterocycles. The predicted octanol–water partition coefficient (Wildman–Crippen LogP) is 1.62. The minimum absolute atomic E-state index is 0.00856. The Bertz CT molecular complexity index is 219. The molecule has 1 aliphatic heterocycles. The Balaban J connectivity index is 2.25. The summed E-state index contributed by atoms with van der Waals surface area (Å²) in [5.41, 5.74) is 0. The van der Waals surface area contributed by atoms with E-state index in [1.54, 1.807) is 0 Å². The van der Waals surface area contributed by atoms with Crippen LogP contribution >= 0.6 is 0 Å². The van der Waals surface area contributed by atoms with Crippen LogP contribution in [0.15, 0.2) is 9.98 Å². The molecule has 0 aliphatic carbocycles. The highest BCUT2D eigenvalue weighted by molar-refractivity contribution is 6.31. The fourth-order valence-corrected chi connectivity index (χ4v) is 1.07. The zero-order chi connectivity index (χ0) is 8.81. The number of nitrogens with zero attached hydrogens (tertiary/aromatic N) is 2. The number of ketones is 1. The van der Waals surface area contributed by atoms with Crippen LogP contribution in [0, 0.1) is 0 Å². The molecule has 0 aromatic carbocycles. The number of hydrogen-bond acceptors (Lipinski definition) is 3. The van der Waals surface area contributed by atoms with Gasteiger partial charge in [-0.25, -0.2) is 4.99 Å². The van der Waals surface area contributed by atoms with E-state index in [9.17, 15) is 4.79 Å². The molecular formula is C9H14N2O. The highest BCUT2D eigenvalue weighted by Crippen LogP contribution is 2.03. The molecule has 0 aromatic heterocycles. The molecule has 12 heavy (non-hydrogen) atoms. The van der Waals surface area contributed by atoms with Gasteiger partial charge in [0.1, 0.15) is 12.4 Å². The molecule has 0 aromatic rings. The molecule has 3 heteroatoms. The van der Waals surface area contributed by atoms with Crippen LogP contribution in [-0.2, 0) is 4.79 Å². The van der Waals surface area contributed by atoms with Crippen LogP contribution in [0.1, 0.15) is 32.6 Å². The van der Waals surface area contributed by atoms with Crippen LogP contribution in [0.2, 0.25) is 0 Å². The minimum Gasteiger partial charge on any atom is -0.291 e. The molecule has 0 fully saturated rings. The topological polar surface area (TPSA) is 41.8 Å². The molecule has 0 atom stereocenters. The second-order valence-corrected chi connectivity index (χ2v) is 2.91. The third-order valence-electron chi connectivity index (χ3n) is 1.78. The fourth-order valence-electron chi connectivity index (χ4n) is 1.07. The number of rotatable bonds is 4. The average molecular weight is 166 g/mol. The van der Waals surface area contributed by atoms with Crippen molar-refractivity contribution in [1.29, 1.82) is 0 Å². The number of Topliss-reactive ketones (excluding diaryl/α,β-unsaturated/α-hetero) is 1. The zero-order valence-electron chi connectivity index (χ0n) is 7.42. The monoisotopic (exact) mass is 166 g/mol. The van der Waals surface area contributed by atoms with Gasteiger partial charge in [0, 0.05) is 6.42 Å². The average Bonchev–Trinajstić information content (AvgIpc) is 2.09. The summed E-state index contributed by atoms with van der Waals surface area (Å²) in [4.78, 5) is 18.7. The van der Waals surface area contributed by atoms with Gasteiger partial charge in [0.25, 0.3) is 0 Å². The van der Waals surface area contributed by atoms with Crippen molar-refractivity contribution >= 4 is 17.8 Å². The normalized spacial score (nSPS) is 16.4. The van der Waals surface area contributed by atoms with Crippen LogP contribution in [0.25, 0.3) is 0 Å². The lowest BCUT2D eigenvalue weighted by atomic mass is 10.2. The van der Waals surface area contributed by atoms with E-state index >= 15 is 0 Å². The molecule has 0 bridgehead atoms. The molecule has 0 saturated heterocycles. The lowest BCUT2D eigenvalue weighted by Gasteiger charge is -2.03. The van der Waals surface area contributed by atoms with E-state index in [2.05, 4.69) is 16.9 Å². The van der Waals surface area contributed by atoms with E-state index in [1.165, 1.54) is 19.1 Å². The Morgan fingerprint density at radius 1 is 1.50 bits per heavy atom. The second-order valence-electron chi connectivity index (χ2n) is 2.91. The molecular weight excluding hydrogens is 152 g/mol. The zero-order valence-corrected chi connectivity index (χ0v) is 7.42. The summed E-state index contributed by atoms with van der Waals surface area (Å²) in [7, 11) is 0. The molecule has 0 spiro atoms. The van der Waals surface area contributed by atoms with Crippen molar-refractivity contribution < 1.29 is 4.79 Å². The molecule has 0 saturated carbocycles. The molecule has 1 rings (SSSR count). The molecule has 0 amide bonds. The van der Waals surface area contributed by atoms with Gasteiger partial charge in [-0.2, -0.15) is 0 Å². The highest BCUT2D eigenvalue weighted by atomic mass is 16.1. The van der Waals surface area contributed by atoms with E-state index in [-0.39, 0.29) is 5.78 Å². The van der Waals surface area contributed by atoms with Crippen LogP contribution in [0.4, 0.5) is 0 Å². The molecule has 0 N–H and O–H groups in total. The van der Waals surface area contributed by atoms with Gasteiger partial charge >= 0.3 is 0 Å². The number of unbranched alkanes of at least 4 members (excludes halogenated alkanes) is 2. The first-order chi connectivity index (χ1) is 5.83. The maximum atomic E-state index is 10.7. The van der Waals surface area contributed by atoms with Gasteiger partial charge in [0.15, 0.2) is 5.78 Å². The van der Waals surface area contributed by atoms with Crippen LogP contribution in [0.3, 0.4) is 0 Å². The molecule has 0 unspecified atom stereocenters. The van der Waals surface area contributed by atoms with E-state index in [0.29, 0.717) is 6.54 Å². The summed E-state index contributed by atoms with van der Waals surface area (Å²) in [5, 5.41) is 0. The molecule has 1 aliphatic rings. The fraction of sp³-hybridized carbons (Fsp3) is 0.667. The first-order valence-electron chi connectivity index (χ1n) is 4.43. The smallest absolute Gasteiger partial charge is 0.195 e. The van der Waals surface area contributed by atoms with E-state index in [4.69, 9.17) is 0 Å². The van der Waals surface area contributed by atoms with Gasteiger partial charge < -0.3 is 0 Å². The van der Waals surface area contributed by atoms with Gasteiger partial charge in [0.05, 0.1) is 6.21 Å². The van der Waals surface area contributed by atoms with Gasteiger partial charge in [-0.1, -0.05) is 19.8 Å². The minimum atomic E-state index is 0.00856. The van der Waals surface area contributed by atoms with E-state index in [0.717, 1.165) is 18.7 Å². The molecule has 0 radical (unpaired) electrons. The largest absolute Gasteiger partial charge is 0.291 e. The first-order valence-corrected chi connectivity index (χ1v) is 4.43. The van der Waals surface area contributed by atoms with Crippen molar-refractivity contribution in [2.75, 3.05) is 6.54 Å². The van der Waals surface area contributed by atoms with Crippen LogP contribution < -0.4 is 0 Å². The number of amidine groups is 1. The molecule has 66 valence electrons. The quantitative estimate of drug-likeness (QED) is 0.585. The SMILES string of the molecule is CCCCCC1=NCC(=O)C=N1. The Morgan fingerprint density at radius 3 is 2.92 bits per heavy atom. The second kappa shape index (κ2) is 4.80. The maximum Gasteiger partial charge on any atom is 0.195 e. The summed E-state index contributed by atoms with van der Waals surface area (Å²) in [6, 6.07) is 0. The number of aliphatic imine (C=N–C) groups is 2. The van der Waals surface area contributed by atoms with Crippen molar-refractivity contribution in [3.05, 3.63) is 0 Å². The summed E-state index contributed by atoms with van der Waals surface area (Å²) >= 11 is 0. The third-order valence-corrected chi connectivity index (χ3v) is 1.78. The standard InChI is InChI=1S/C9H14N2O/c1-2-3-4-5-9-10-6-8(12)7-11-9/h6H,2-5,7H2,1H3. The Morgan fingerprint density at radius 2 is 2.33 bits per heavy atom. The lowest BCUT2D eigenvalue weighted by Crippen LogP contribution is -2.13. The third kappa shape index (κ3) is 2.95. The summed E-state index contributed by atoms with van der Waals surface area (Å²) < 4.78 is 0. The molecule has 3 nitrogen and oxygen atoms in total. The number of carbonyl (C=O) groups excluding carboxylic acids is 1. The van der Waals surface area contributed by atoms with Gasteiger partial charge in [0.2, 0.25) is 0 Å². The Hall–Kier alpha value is -0.990. The van der Waals surface area contributed by atoms with Crippen molar-refractivity contribution in [2.45, 2.75) is 32.6 Å². The Kier molecular flexibility index (Phi) is 3.64. The maximum absolute atomic E-state index is 10.7. The van der Waals surface area contributed by atoms with Crippen molar-refractivity contribution in [2.24, 2.45) is 9.98 Å². The van der Waals surface area contributed by atoms with Gasteiger partial charge in [-0.15, -0.1) is 0 Å². The summed E-state index contributed by atoms with van der Waals surface area (Å²) in [6.07, 6.45) is 5.84. The Labute approximate surface area is 72.6 Å².